The quantitative estimate of drug-likeness (QED) is 0.176. The first kappa shape index (κ1) is 28.1. The molecular formula is C32H31N7O3. The van der Waals surface area contributed by atoms with Crippen molar-refractivity contribution < 1.29 is 14.7 Å². The number of amides is 2. The number of carbonyl (C=O) groups excluding carboxylic acids is 2. The molecule has 0 atom stereocenters. The van der Waals surface area contributed by atoms with Gasteiger partial charge in [-0.15, -0.1) is 0 Å². The summed E-state index contributed by atoms with van der Waals surface area (Å²) in [6.45, 7) is 2.53. The molecule has 0 unspecified atom stereocenters. The molecule has 4 N–H and O–H groups in total. The lowest BCUT2D eigenvalue weighted by Crippen LogP contribution is -2.14. The lowest BCUT2D eigenvalue weighted by molar-refractivity contribution is -0.111. The number of aromatic hydroxyl groups is 1. The summed E-state index contributed by atoms with van der Waals surface area (Å²) in [5.74, 6) is 0.660. The first-order valence-corrected chi connectivity index (χ1v) is 13.3. The minimum absolute atomic E-state index is 0.207. The predicted octanol–water partition coefficient (Wildman–Crippen LogP) is 5.49. The van der Waals surface area contributed by atoms with Gasteiger partial charge >= 0.3 is 0 Å². The van der Waals surface area contributed by atoms with Crippen LogP contribution in [0.15, 0.2) is 97.2 Å². The standard InChI is InChI=1S/C32H31N7O3/c1-21-18-29(39-17-15-26-27(39)12-6-13-28(26)40)37-32(33-21)36-25-11-5-10-24(20-25)35-31(42)22-8-4-9-23(19-22)34-30(41)14-7-16-38(2)3/h4-15,17-20,40H,16H2,1-3H3,(H,34,41)(H,35,42)(H,33,36,37)/b14-7+. The number of nitrogens with zero attached hydrogens (tertiary/aromatic N) is 4. The van der Waals surface area contributed by atoms with Crippen molar-refractivity contribution in [3.8, 4) is 11.6 Å². The average Bonchev–Trinajstić information content (AvgIpc) is 3.38. The molecule has 0 fully saturated rings. The fourth-order valence-corrected chi connectivity index (χ4v) is 4.38. The molecule has 0 aliphatic carbocycles. The van der Waals surface area contributed by atoms with Crippen molar-refractivity contribution >= 4 is 45.7 Å². The number of carbonyl (C=O) groups is 2. The monoisotopic (exact) mass is 561 g/mol. The average molecular weight is 562 g/mol. The summed E-state index contributed by atoms with van der Waals surface area (Å²) >= 11 is 0. The number of rotatable bonds is 9. The van der Waals surface area contributed by atoms with E-state index >= 15 is 0 Å². The highest BCUT2D eigenvalue weighted by Gasteiger charge is 2.12. The van der Waals surface area contributed by atoms with E-state index < -0.39 is 0 Å². The highest BCUT2D eigenvalue weighted by molar-refractivity contribution is 6.06. The van der Waals surface area contributed by atoms with Crippen LogP contribution in [0.25, 0.3) is 16.7 Å². The number of phenols is 1. The maximum atomic E-state index is 13.0. The van der Waals surface area contributed by atoms with E-state index in [0.717, 1.165) is 16.6 Å². The number of phenolic OH excluding ortho intramolecular Hbond substituents is 1. The molecule has 3 aromatic carbocycles. The third kappa shape index (κ3) is 6.80. The number of aryl methyl sites for hydroxylation is 1. The number of anilines is 4. The molecule has 10 heteroatoms. The van der Waals surface area contributed by atoms with Crippen molar-refractivity contribution in [3.05, 3.63) is 108 Å². The number of likely N-dealkylation sites (N-methyl/N-ethyl adjacent to an activating group) is 1. The van der Waals surface area contributed by atoms with E-state index in [-0.39, 0.29) is 17.6 Å². The number of fused-ring (bicyclic) bond motifs is 1. The van der Waals surface area contributed by atoms with Crippen LogP contribution < -0.4 is 16.0 Å². The number of hydrogen-bond donors (Lipinski definition) is 4. The molecule has 0 aliphatic heterocycles. The summed E-state index contributed by atoms with van der Waals surface area (Å²) in [4.78, 5) is 36.3. The Kier molecular flexibility index (Phi) is 8.26. The Balaban J connectivity index is 1.28. The second kappa shape index (κ2) is 12.4. The lowest BCUT2D eigenvalue weighted by Gasteiger charge is -2.12. The molecule has 42 heavy (non-hydrogen) atoms. The molecule has 0 bridgehead atoms. The normalized spacial score (nSPS) is 11.2. The SMILES string of the molecule is Cc1cc(-n2ccc3c(O)cccc32)nc(Nc2cccc(NC(=O)c3cccc(NC(=O)/C=C/CN(C)C)c3)c2)n1. The molecule has 0 saturated heterocycles. The summed E-state index contributed by atoms with van der Waals surface area (Å²) in [5.41, 5.74) is 3.77. The molecule has 0 aliphatic rings. The van der Waals surface area contributed by atoms with Crippen LogP contribution in [0, 0.1) is 6.92 Å². The van der Waals surface area contributed by atoms with Gasteiger partial charge in [0.2, 0.25) is 11.9 Å². The summed E-state index contributed by atoms with van der Waals surface area (Å²) in [6, 6.07) is 23.0. The van der Waals surface area contributed by atoms with E-state index in [1.54, 1.807) is 54.6 Å². The van der Waals surface area contributed by atoms with E-state index in [4.69, 9.17) is 0 Å². The van der Waals surface area contributed by atoms with Crippen LogP contribution in [0.3, 0.4) is 0 Å². The third-order valence-electron chi connectivity index (χ3n) is 6.31. The Morgan fingerprint density at radius 3 is 2.45 bits per heavy atom. The molecule has 10 nitrogen and oxygen atoms in total. The summed E-state index contributed by atoms with van der Waals surface area (Å²) in [6.07, 6.45) is 5.09. The Bertz CT molecular complexity index is 1790. The molecule has 2 aromatic heterocycles. The smallest absolute Gasteiger partial charge is 0.255 e. The van der Waals surface area contributed by atoms with Crippen molar-refractivity contribution in [1.29, 1.82) is 0 Å². The molecule has 212 valence electrons. The molecule has 5 aromatic rings. The molecular weight excluding hydrogens is 530 g/mol. The third-order valence-corrected chi connectivity index (χ3v) is 6.31. The van der Waals surface area contributed by atoms with Gasteiger partial charge in [0, 0.05) is 58.6 Å². The molecule has 0 radical (unpaired) electrons. The number of benzene rings is 3. The van der Waals surface area contributed by atoms with Crippen LogP contribution in [0.2, 0.25) is 0 Å². The molecule has 2 amide bonds. The topological polar surface area (TPSA) is 124 Å². The van der Waals surface area contributed by atoms with E-state index in [2.05, 4.69) is 25.9 Å². The van der Waals surface area contributed by atoms with Gasteiger partial charge in [-0.2, -0.15) is 4.98 Å². The van der Waals surface area contributed by atoms with Gasteiger partial charge in [0.1, 0.15) is 11.6 Å². The van der Waals surface area contributed by atoms with Gasteiger partial charge in [0.15, 0.2) is 0 Å². The Morgan fingerprint density at radius 1 is 0.905 bits per heavy atom. The van der Waals surface area contributed by atoms with Crippen molar-refractivity contribution in [2.75, 3.05) is 36.6 Å². The van der Waals surface area contributed by atoms with Crippen LogP contribution in [0.5, 0.6) is 5.75 Å². The minimum Gasteiger partial charge on any atom is -0.507 e. The molecule has 0 spiro atoms. The van der Waals surface area contributed by atoms with E-state index in [1.165, 1.54) is 6.08 Å². The Labute approximate surface area is 243 Å². The molecule has 2 heterocycles. The van der Waals surface area contributed by atoms with Crippen molar-refractivity contribution in [2.24, 2.45) is 0 Å². The first-order valence-electron chi connectivity index (χ1n) is 13.3. The van der Waals surface area contributed by atoms with Gasteiger partial charge < -0.3 is 30.5 Å². The summed E-state index contributed by atoms with van der Waals surface area (Å²) < 4.78 is 1.89. The zero-order valence-corrected chi connectivity index (χ0v) is 23.5. The molecule has 5 rings (SSSR count). The van der Waals surface area contributed by atoms with E-state index in [1.807, 2.05) is 67.0 Å². The number of nitrogens with one attached hydrogen (secondary N) is 3. The van der Waals surface area contributed by atoms with Gasteiger partial charge in [-0.3, -0.25) is 9.59 Å². The van der Waals surface area contributed by atoms with Gasteiger partial charge in [-0.05, 0) is 75.6 Å². The van der Waals surface area contributed by atoms with Crippen LogP contribution in [-0.4, -0.2) is 57.0 Å². The summed E-state index contributed by atoms with van der Waals surface area (Å²) in [5, 5.41) is 19.8. The van der Waals surface area contributed by atoms with Crippen molar-refractivity contribution in [2.45, 2.75) is 6.92 Å². The summed E-state index contributed by atoms with van der Waals surface area (Å²) in [7, 11) is 3.84. The highest BCUT2D eigenvalue weighted by Crippen LogP contribution is 2.28. The highest BCUT2D eigenvalue weighted by atomic mass is 16.3. The molecule has 0 saturated carbocycles. The zero-order valence-electron chi connectivity index (χ0n) is 23.5. The van der Waals surface area contributed by atoms with Crippen LogP contribution in [0.4, 0.5) is 23.0 Å². The van der Waals surface area contributed by atoms with Crippen LogP contribution in [-0.2, 0) is 4.79 Å². The zero-order chi connectivity index (χ0) is 29.6. The Morgan fingerprint density at radius 2 is 1.64 bits per heavy atom. The van der Waals surface area contributed by atoms with Gasteiger partial charge in [0.05, 0.1) is 5.52 Å². The first-order chi connectivity index (χ1) is 20.2. The minimum atomic E-state index is -0.316. The fraction of sp³-hybridized carbons (Fsp3) is 0.125. The second-order valence-electron chi connectivity index (χ2n) is 9.98. The maximum Gasteiger partial charge on any atom is 0.255 e. The number of hydrogen-bond acceptors (Lipinski definition) is 7. The number of aromatic nitrogens is 3. The van der Waals surface area contributed by atoms with Crippen LogP contribution in [0.1, 0.15) is 16.1 Å². The maximum absolute atomic E-state index is 13.0. The van der Waals surface area contributed by atoms with E-state index in [0.29, 0.717) is 40.9 Å². The van der Waals surface area contributed by atoms with E-state index in [9.17, 15) is 14.7 Å². The fourth-order valence-electron chi connectivity index (χ4n) is 4.38. The van der Waals surface area contributed by atoms with Gasteiger partial charge in [-0.1, -0.05) is 24.3 Å². The van der Waals surface area contributed by atoms with Crippen molar-refractivity contribution in [3.63, 3.8) is 0 Å². The van der Waals surface area contributed by atoms with Crippen LogP contribution >= 0.6 is 0 Å². The second-order valence-corrected chi connectivity index (χ2v) is 9.98. The van der Waals surface area contributed by atoms with Gasteiger partial charge in [-0.25, -0.2) is 4.98 Å². The largest absolute Gasteiger partial charge is 0.507 e. The lowest BCUT2D eigenvalue weighted by atomic mass is 10.1. The van der Waals surface area contributed by atoms with Gasteiger partial charge in [0.25, 0.3) is 5.91 Å². The Hall–Kier alpha value is -5.48. The van der Waals surface area contributed by atoms with Crippen molar-refractivity contribution in [1.82, 2.24) is 19.4 Å². The predicted molar refractivity (Wildman–Crippen MR) is 166 cm³/mol.